The van der Waals surface area contributed by atoms with E-state index in [1.165, 1.54) is 77.4 Å². The van der Waals surface area contributed by atoms with Crippen molar-refractivity contribution in [3.63, 3.8) is 0 Å². The Morgan fingerprint density at radius 3 is 1.49 bits per heavy atom. The van der Waals surface area contributed by atoms with Crippen LogP contribution in [0.3, 0.4) is 0 Å². The van der Waals surface area contributed by atoms with E-state index in [9.17, 15) is 0 Å². The van der Waals surface area contributed by atoms with Gasteiger partial charge in [0.1, 0.15) is 0 Å². The van der Waals surface area contributed by atoms with E-state index in [1.54, 1.807) is 0 Å². The second kappa shape index (κ2) is 13.8. The second-order valence-electron chi connectivity index (χ2n) is 17.5. The second-order valence-corrected chi connectivity index (χ2v) is 17.5. The van der Waals surface area contributed by atoms with Crippen molar-refractivity contribution in [2.24, 2.45) is 0 Å². The number of rotatable bonds is 6. The maximum absolute atomic E-state index is 5.12. The molecule has 304 valence electrons. The van der Waals surface area contributed by atoms with Gasteiger partial charge in [-0.2, -0.15) is 0 Å². The van der Waals surface area contributed by atoms with Gasteiger partial charge in [0.25, 0.3) is 0 Å². The van der Waals surface area contributed by atoms with Crippen LogP contribution >= 0.6 is 0 Å². The predicted octanol–water partition coefficient (Wildman–Crippen LogP) is 13.8. The lowest BCUT2D eigenvalue weighted by molar-refractivity contribution is 0.794. The summed E-state index contributed by atoms with van der Waals surface area (Å²) in [6.07, 6.45) is 0. The summed E-state index contributed by atoms with van der Waals surface area (Å²) in [5, 5.41) is 2.48. The highest BCUT2D eigenvalue weighted by molar-refractivity contribution is 6.13. The number of para-hydroxylation sites is 1. The third-order valence-corrected chi connectivity index (χ3v) is 14.0. The van der Waals surface area contributed by atoms with Crippen molar-refractivity contribution in [2.45, 2.75) is 5.41 Å². The molecule has 0 radical (unpaired) electrons. The maximum atomic E-state index is 5.12. The van der Waals surface area contributed by atoms with Gasteiger partial charge in [-0.3, -0.25) is 0 Å². The average Bonchev–Trinajstić information content (AvgIpc) is 4.06. The molecule has 11 aromatic rings. The Balaban J connectivity index is 1.00. The third kappa shape index (κ3) is 5.30. The molecule has 9 aromatic carbocycles. The topological polar surface area (TPSA) is 46.6 Å². The van der Waals surface area contributed by atoms with Gasteiger partial charge in [-0.15, -0.1) is 0 Å². The lowest BCUT2D eigenvalue weighted by Crippen LogP contribution is -2.25. The molecule has 1 saturated heterocycles. The number of anilines is 1. The zero-order valence-corrected chi connectivity index (χ0v) is 35.4. The Morgan fingerprint density at radius 2 is 0.846 bits per heavy atom. The summed E-state index contributed by atoms with van der Waals surface area (Å²) in [5.41, 5.74) is 20.1. The Kier molecular flexibility index (Phi) is 7.66. The highest BCUT2D eigenvalue weighted by Crippen LogP contribution is 2.64. The zero-order chi connectivity index (χ0) is 42.6. The SMILES string of the molecule is c1ccc(-c2ccc3c(c2)-c2ccccc2C32c3ccccc3-c3cc4c5ccccc5n(-c5ccc(-c6nc(-c7ccccc7)nc(-c7ccccc7)n6)cc5N5CC5)c4cc32)cc1. The van der Waals surface area contributed by atoms with Crippen molar-refractivity contribution >= 4 is 27.5 Å². The molecule has 1 aliphatic heterocycles. The molecule has 2 aliphatic carbocycles. The van der Waals surface area contributed by atoms with E-state index in [0.29, 0.717) is 17.5 Å². The first-order valence-corrected chi connectivity index (χ1v) is 22.5. The molecule has 0 saturated carbocycles. The van der Waals surface area contributed by atoms with Crippen LogP contribution in [-0.2, 0) is 5.41 Å². The van der Waals surface area contributed by atoms with E-state index in [1.807, 2.05) is 36.4 Å². The fraction of sp³-hybridized carbons (Fsp3) is 0.0500. The number of hydrogen-bond acceptors (Lipinski definition) is 4. The molecule has 5 nitrogen and oxygen atoms in total. The minimum absolute atomic E-state index is 0.485. The lowest BCUT2D eigenvalue weighted by atomic mass is 9.70. The van der Waals surface area contributed by atoms with Crippen molar-refractivity contribution in [3.05, 3.63) is 235 Å². The lowest BCUT2D eigenvalue weighted by Gasteiger charge is -2.30. The van der Waals surface area contributed by atoms with Crippen LogP contribution in [0.15, 0.2) is 212 Å². The first-order chi connectivity index (χ1) is 32.2. The summed E-state index contributed by atoms with van der Waals surface area (Å²) in [6, 6.07) is 77.2. The molecule has 3 aliphatic rings. The Morgan fingerprint density at radius 1 is 0.323 bits per heavy atom. The van der Waals surface area contributed by atoms with Gasteiger partial charge in [-0.05, 0) is 98.1 Å². The highest BCUT2D eigenvalue weighted by atomic mass is 15.3. The van der Waals surface area contributed by atoms with Crippen LogP contribution in [0.4, 0.5) is 5.69 Å². The molecule has 65 heavy (non-hydrogen) atoms. The van der Waals surface area contributed by atoms with Gasteiger partial charge < -0.3 is 9.47 Å². The number of hydrogen-bond donors (Lipinski definition) is 0. The minimum atomic E-state index is -0.485. The average molecular weight is 830 g/mol. The number of nitrogens with zero attached hydrogens (tertiary/aromatic N) is 5. The molecule has 0 N–H and O–H groups in total. The molecule has 0 bridgehead atoms. The van der Waals surface area contributed by atoms with E-state index >= 15 is 0 Å². The van der Waals surface area contributed by atoms with Crippen LogP contribution in [0, 0.1) is 0 Å². The van der Waals surface area contributed by atoms with Gasteiger partial charge in [-0.1, -0.05) is 170 Å². The Hall–Kier alpha value is -8.41. The molecular weight excluding hydrogens is 791 g/mol. The van der Waals surface area contributed by atoms with Crippen molar-refractivity contribution < 1.29 is 0 Å². The molecule has 1 unspecified atom stereocenters. The zero-order valence-electron chi connectivity index (χ0n) is 35.4. The van der Waals surface area contributed by atoms with Gasteiger partial charge in [0, 0.05) is 40.6 Å². The van der Waals surface area contributed by atoms with Crippen molar-refractivity contribution in [1.29, 1.82) is 0 Å². The maximum Gasteiger partial charge on any atom is 0.164 e. The molecule has 0 amide bonds. The van der Waals surface area contributed by atoms with Crippen LogP contribution < -0.4 is 4.90 Å². The Labute approximate surface area is 376 Å². The van der Waals surface area contributed by atoms with Crippen LogP contribution in [0.25, 0.3) is 95.0 Å². The number of aromatic nitrogens is 4. The summed E-state index contributed by atoms with van der Waals surface area (Å²) in [7, 11) is 0. The summed E-state index contributed by atoms with van der Waals surface area (Å²) < 4.78 is 2.51. The normalized spacial score (nSPS) is 15.3. The van der Waals surface area contributed by atoms with Gasteiger partial charge in [-0.25, -0.2) is 15.0 Å². The molecule has 1 fully saturated rings. The standard InChI is InChI=1S/C60H39N5/c1-4-16-38(17-5-1)41-28-30-51-46(34-41)43-22-10-13-25-49(43)60(51)50-26-14-11-23-44(50)47-36-48-45-24-12-15-27-53(45)65(55(48)37-52(47)60)54-31-29-42(35-56(54)64-32-33-64)59-62-57(39-18-6-2-7-19-39)61-58(63-59)40-20-8-3-9-21-40/h1-31,34-37H,32-33H2. The van der Waals surface area contributed by atoms with E-state index in [0.717, 1.165) is 41.2 Å². The van der Waals surface area contributed by atoms with Crippen molar-refractivity contribution in [3.8, 4) is 73.2 Å². The first kappa shape index (κ1) is 36.1. The molecule has 1 spiro atoms. The quantitative estimate of drug-likeness (QED) is 0.157. The van der Waals surface area contributed by atoms with Gasteiger partial charge in [0.2, 0.25) is 0 Å². The largest absolute Gasteiger partial charge is 0.366 e. The Bertz CT molecular complexity index is 3660. The molecule has 14 rings (SSSR count). The summed E-state index contributed by atoms with van der Waals surface area (Å²) in [4.78, 5) is 17.7. The van der Waals surface area contributed by atoms with Crippen LogP contribution in [-0.4, -0.2) is 32.6 Å². The fourth-order valence-electron chi connectivity index (χ4n) is 11.0. The van der Waals surface area contributed by atoms with Crippen molar-refractivity contribution in [1.82, 2.24) is 19.5 Å². The number of benzene rings is 9. The van der Waals surface area contributed by atoms with Crippen LogP contribution in [0.2, 0.25) is 0 Å². The first-order valence-electron chi connectivity index (χ1n) is 22.5. The minimum Gasteiger partial charge on any atom is -0.366 e. The van der Waals surface area contributed by atoms with Crippen LogP contribution in [0.5, 0.6) is 0 Å². The summed E-state index contributed by atoms with van der Waals surface area (Å²) >= 11 is 0. The van der Waals surface area contributed by atoms with Gasteiger partial charge >= 0.3 is 0 Å². The third-order valence-electron chi connectivity index (χ3n) is 14.0. The molecule has 2 aromatic heterocycles. The smallest absolute Gasteiger partial charge is 0.164 e. The van der Waals surface area contributed by atoms with E-state index in [2.05, 4.69) is 185 Å². The molecular formula is C60H39N5. The van der Waals surface area contributed by atoms with E-state index in [-0.39, 0.29) is 0 Å². The van der Waals surface area contributed by atoms with E-state index in [4.69, 9.17) is 15.0 Å². The molecule has 3 heterocycles. The molecule has 1 atom stereocenters. The predicted molar refractivity (Wildman–Crippen MR) is 264 cm³/mol. The van der Waals surface area contributed by atoms with Gasteiger partial charge in [0.15, 0.2) is 17.5 Å². The number of fused-ring (bicyclic) bond motifs is 13. The van der Waals surface area contributed by atoms with Gasteiger partial charge in [0.05, 0.1) is 27.8 Å². The van der Waals surface area contributed by atoms with Crippen molar-refractivity contribution in [2.75, 3.05) is 18.0 Å². The highest BCUT2D eigenvalue weighted by Gasteiger charge is 2.52. The van der Waals surface area contributed by atoms with E-state index < -0.39 is 5.41 Å². The van der Waals surface area contributed by atoms with Crippen LogP contribution in [0.1, 0.15) is 22.3 Å². The summed E-state index contributed by atoms with van der Waals surface area (Å²) in [6.45, 7) is 1.98. The molecule has 5 heteroatoms. The monoisotopic (exact) mass is 829 g/mol. The fourth-order valence-corrected chi connectivity index (χ4v) is 11.0. The summed E-state index contributed by atoms with van der Waals surface area (Å²) in [5.74, 6) is 1.97.